The van der Waals surface area contributed by atoms with Crippen molar-refractivity contribution in [3.05, 3.63) is 283 Å². The normalized spacial score (nSPS) is 11.9. The highest BCUT2D eigenvalue weighted by molar-refractivity contribution is 6.31. The van der Waals surface area contributed by atoms with Crippen LogP contribution in [0, 0.1) is 28.3 Å². The maximum Gasteiger partial charge on any atom is 0.257 e. The van der Waals surface area contributed by atoms with Gasteiger partial charge in [0.2, 0.25) is 0 Å². The molecule has 0 spiro atoms. The van der Waals surface area contributed by atoms with Crippen molar-refractivity contribution in [2.24, 2.45) is 4.99 Å². The van der Waals surface area contributed by atoms with Crippen LogP contribution in [0.25, 0.3) is 0 Å². The molecule has 0 unspecified atom stereocenters. The number of halogens is 6. The average molecular weight is 1330 g/mol. The number of nitrogens with zero attached hydrogens (tertiary/aromatic N) is 4. The highest BCUT2D eigenvalue weighted by Crippen LogP contribution is 2.26. The van der Waals surface area contributed by atoms with E-state index in [-0.39, 0.29) is 33.8 Å². The number of aliphatic imine (C=N–C) groups is 1. The second-order valence-electron chi connectivity index (χ2n) is 21.3. The number of likely N-dealkylation sites (N-methyl/N-ethyl adjacent to an activating group) is 1. The molecule has 0 bridgehead atoms. The van der Waals surface area contributed by atoms with E-state index in [0.29, 0.717) is 66.1 Å². The van der Waals surface area contributed by atoms with Gasteiger partial charge in [-0.15, -0.1) is 0 Å². The molecule has 8 N–H and O–H groups in total. The van der Waals surface area contributed by atoms with E-state index in [1.165, 1.54) is 30.3 Å². The first-order valence-corrected chi connectivity index (χ1v) is 29.9. The molecule has 0 aliphatic carbocycles. The molecule has 2 aliphatic rings. The Labute approximate surface area is 553 Å². The molecule has 2 aliphatic heterocycles. The van der Waals surface area contributed by atoms with E-state index in [0.717, 1.165) is 67.4 Å². The van der Waals surface area contributed by atoms with E-state index < -0.39 is 52.9 Å². The lowest BCUT2D eigenvalue weighted by molar-refractivity contribution is 0.101. The third kappa shape index (κ3) is 18.1. The minimum absolute atomic E-state index is 0.00635. The van der Waals surface area contributed by atoms with Crippen LogP contribution in [0.3, 0.4) is 0 Å². The molecule has 476 valence electrons. The van der Waals surface area contributed by atoms with Crippen molar-refractivity contribution in [1.82, 2.24) is 14.7 Å². The minimum atomic E-state index is -0.606. The second-order valence-corrected chi connectivity index (χ2v) is 22.6. The first kappa shape index (κ1) is 67.3. The summed E-state index contributed by atoms with van der Waals surface area (Å²) in [5, 5.41) is 33.6. The summed E-state index contributed by atoms with van der Waals surface area (Å²) in [6.45, 7) is 3.35. The quantitative estimate of drug-likeness (QED) is 0.0276. The zero-order valence-corrected chi connectivity index (χ0v) is 52.7. The molecule has 6 amide bonds. The van der Waals surface area contributed by atoms with Gasteiger partial charge in [-0.3, -0.25) is 44.6 Å². The number of rotatable bonds is 15. The molecular formula is C70H58Cl3F3N12O6. The van der Waals surface area contributed by atoms with E-state index in [4.69, 9.17) is 45.6 Å². The van der Waals surface area contributed by atoms with Gasteiger partial charge in [-0.2, -0.15) is 0 Å². The van der Waals surface area contributed by atoms with Crippen LogP contribution in [0.5, 0.6) is 0 Å². The largest absolute Gasteiger partial charge is 0.363 e. The fourth-order valence-corrected chi connectivity index (χ4v) is 9.48. The van der Waals surface area contributed by atoms with Crippen molar-refractivity contribution in [2.75, 3.05) is 79.2 Å². The lowest BCUT2D eigenvalue weighted by atomic mass is 10.1. The van der Waals surface area contributed by atoms with Crippen LogP contribution in [0.4, 0.5) is 47.3 Å². The highest BCUT2D eigenvalue weighted by Gasteiger charge is 2.24. The third-order valence-corrected chi connectivity index (χ3v) is 15.0. The molecule has 1 fully saturated rings. The Morgan fingerprint density at radius 2 is 0.734 bits per heavy atom. The standard InChI is InChI=1S/C24H20ClFN4O2.C23H18ClFN4O2.C23H20ClFN4O2/c1-30-13-12-27-22(30)15-2-4-16(5-3-15)23(31)29-21-11-8-18(26)14-20(21)24(32)28-19-9-6-17(25)7-10-19;24-16-5-8-18(9-6-16)27-23(31)19-13-17(25)7-10-20(19)28-22(30)15-3-1-14(2-4-15)21(26)29-11-12-29;1-29(2)21(26)14-3-5-15(6-4-14)22(30)28-20-12-9-17(25)13-19(20)23(31)27-18-10-7-16(24)8-11-18/h2-11,14H,12-13H2,1H3,(H,28,32)(H,29,31);1-10,13,26H,11-12H2,(H,27,31)(H,28,30);3-13,26H,1-2H3,(H,27,31)(H,28,30). The summed E-state index contributed by atoms with van der Waals surface area (Å²) in [6.07, 6.45) is 0. The topological polar surface area (TPSA) is 244 Å². The van der Waals surface area contributed by atoms with E-state index in [2.05, 4.69) is 41.8 Å². The summed E-state index contributed by atoms with van der Waals surface area (Å²) in [5.41, 5.74) is 5.39. The first-order chi connectivity index (χ1) is 45.0. The zero-order chi connectivity index (χ0) is 67.2. The van der Waals surface area contributed by atoms with Crippen molar-refractivity contribution in [3.8, 4) is 0 Å². The number of nitrogens with one attached hydrogen (secondary N) is 8. The highest BCUT2D eigenvalue weighted by atomic mass is 35.5. The molecule has 0 saturated carbocycles. The van der Waals surface area contributed by atoms with Crippen molar-refractivity contribution >= 4 is 122 Å². The van der Waals surface area contributed by atoms with Crippen LogP contribution in [0.15, 0.2) is 205 Å². The lowest BCUT2D eigenvalue weighted by Gasteiger charge is -2.14. The zero-order valence-electron chi connectivity index (χ0n) is 50.4. The van der Waals surface area contributed by atoms with Crippen LogP contribution in [-0.2, 0) is 0 Å². The molecular weight excluding hydrogens is 1270 g/mol. The summed E-state index contributed by atoms with van der Waals surface area (Å²) in [7, 11) is 5.49. The molecule has 11 rings (SSSR count). The van der Waals surface area contributed by atoms with Gasteiger partial charge in [-0.05, 0) is 164 Å². The van der Waals surface area contributed by atoms with E-state index >= 15 is 0 Å². The van der Waals surface area contributed by atoms with Gasteiger partial charge in [0, 0.05) is 106 Å². The van der Waals surface area contributed by atoms with Crippen LogP contribution in [0.1, 0.15) is 78.8 Å². The number of hydrogen-bond acceptors (Lipinski definition) is 10. The molecule has 94 heavy (non-hydrogen) atoms. The molecule has 18 nitrogen and oxygen atoms in total. The molecule has 1 saturated heterocycles. The maximum absolute atomic E-state index is 13.9. The van der Waals surface area contributed by atoms with Crippen LogP contribution in [-0.4, -0.2) is 115 Å². The Bertz CT molecular complexity index is 4190. The fourth-order valence-electron chi connectivity index (χ4n) is 9.11. The van der Waals surface area contributed by atoms with Gasteiger partial charge in [-0.1, -0.05) is 71.2 Å². The molecule has 9 aromatic carbocycles. The Kier molecular flexibility index (Phi) is 22.0. The summed E-state index contributed by atoms with van der Waals surface area (Å²) >= 11 is 17.6. The molecule has 9 aromatic rings. The molecule has 24 heteroatoms. The van der Waals surface area contributed by atoms with Crippen LogP contribution >= 0.6 is 34.8 Å². The number of anilines is 6. The second kappa shape index (κ2) is 30.8. The summed E-state index contributed by atoms with van der Waals surface area (Å²) in [6, 6.07) is 50.4. The van der Waals surface area contributed by atoms with E-state index in [1.54, 1.807) is 152 Å². The van der Waals surface area contributed by atoms with E-state index in [9.17, 15) is 41.9 Å². The Morgan fingerprint density at radius 1 is 0.415 bits per heavy atom. The third-order valence-electron chi connectivity index (χ3n) is 14.2. The fraction of sp³-hybridized carbons (Fsp3) is 0.100. The Balaban J connectivity index is 0.000000166. The summed E-state index contributed by atoms with van der Waals surface area (Å²) in [4.78, 5) is 86.3. The lowest BCUT2D eigenvalue weighted by Crippen LogP contribution is -2.23. The first-order valence-electron chi connectivity index (χ1n) is 28.8. The Morgan fingerprint density at radius 3 is 1.04 bits per heavy atom. The van der Waals surface area contributed by atoms with Gasteiger partial charge >= 0.3 is 0 Å². The van der Waals surface area contributed by atoms with Crippen molar-refractivity contribution in [1.29, 1.82) is 10.8 Å². The molecule has 0 aromatic heterocycles. The number of carbonyl (C=O) groups is 6. The summed E-state index contributed by atoms with van der Waals surface area (Å²) < 4.78 is 41.5. The van der Waals surface area contributed by atoms with Gasteiger partial charge in [0.1, 0.15) is 35.0 Å². The maximum atomic E-state index is 13.9. The molecule has 0 atom stereocenters. The monoisotopic (exact) mass is 1320 g/mol. The number of benzene rings is 9. The predicted molar refractivity (Wildman–Crippen MR) is 364 cm³/mol. The number of amidine groups is 3. The van der Waals surface area contributed by atoms with Gasteiger partial charge in [0.15, 0.2) is 0 Å². The Hall–Kier alpha value is -11.1. The molecule has 2 heterocycles. The average Bonchev–Trinajstić information content (AvgIpc) is 1.13. The van der Waals surface area contributed by atoms with Gasteiger partial charge in [0.05, 0.1) is 40.3 Å². The predicted octanol–water partition coefficient (Wildman–Crippen LogP) is 14.2. The smallest absolute Gasteiger partial charge is 0.257 e. The number of amides is 6. The molecule has 0 radical (unpaired) electrons. The van der Waals surface area contributed by atoms with Crippen molar-refractivity contribution in [2.45, 2.75) is 0 Å². The van der Waals surface area contributed by atoms with Gasteiger partial charge < -0.3 is 46.6 Å². The summed E-state index contributed by atoms with van der Waals surface area (Å²) in [5.74, 6) is -3.20. The van der Waals surface area contributed by atoms with Crippen molar-refractivity contribution < 1.29 is 41.9 Å². The SMILES string of the molecule is CN(C)C(=N)c1ccc(C(=O)Nc2ccc(F)cc2C(=O)Nc2ccc(Cl)cc2)cc1.CN1CCN=C1c1ccc(C(=O)Nc2ccc(F)cc2C(=O)Nc2ccc(Cl)cc2)cc1.N=C(c1ccc(C(=O)Nc2ccc(F)cc2C(=O)Nc2ccc(Cl)cc2)cc1)N1CC1. The number of hydrogen-bond donors (Lipinski definition) is 8. The van der Waals surface area contributed by atoms with E-state index in [1.807, 2.05) is 24.1 Å². The van der Waals surface area contributed by atoms with Crippen LogP contribution in [0.2, 0.25) is 15.1 Å². The van der Waals surface area contributed by atoms with Gasteiger partial charge in [0.25, 0.3) is 35.4 Å². The van der Waals surface area contributed by atoms with Gasteiger partial charge in [-0.25, -0.2) is 13.2 Å². The van der Waals surface area contributed by atoms with Crippen LogP contribution < -0.4 is 31.9 Å². The van der Waals surface area contributed by atoms with Crippen molar-refractivity contribution in [3.63, 3.8) is 0 Å². The number of carbonyl (C=O) groups excluding carboxylic acids is 6. The minimum Gasteiger partial charge on any atom is -0.363 e.